The molecule has 0 atom stereocenters. The number of pyridine rings is 1. The molecule has 0 saturated carbocycles. The minimum Gasteiger partial charge on any atom is -0.384 e. The predicted molar refractivity (Wildman–Crippen MR) is 52.4 cm³/mol. The van der Waals surface area contributed by atoms with Crippen LogP contribution in [0.3, 0.4) is 0 Å². The van der Waals surface area contributed by atoms with Gasteiger partial charge in [-0.05, 0) is 25.0 Å². The maximum atomic E-state index is 5.71. The Labute approximate surface area is 76.2 Å². The van der Waals surface area contributed by atoms with Gasteiger partial charge in [0, 0.05) is 5.69 Å². The lowest BCUT2D eigenvalue weighted by atomic mass is 10.1. The van der Waals surface area contributed by atoms with Gasteiger partial charge in [0.25, 0.3) is 0 Å². The van der Waals surface area contributed by atoms with E-state index in [2.05, 4.69) is 22.1 Å². The van der Waals surface area contributed by atoms with Crippen LogP contribution in [0, 0.1) is 6.92 Å². The van der Waals surface area contributed by atoms with Crippen molar-refractivity contribution in [3.8, 4) is 0 Å². The number of fused-ring (bicyclic) bond motifs is 1. The first kappa shape index (κ1) is 8.04. The van der Waals surface area contributed by atoms with Crippen molar-refractivity contribution >= 4 is 16.9 Å². The second-order valence-corrected chi connectivity index (χ2v) is 3.12. The normalized spacial score (nSPS) is 10.9. The second kappa shape index (κ2) is 2.73. The maximum absolute atomic E-state index is 5.71. The Bertz CT molecular complexity index is 444. The molecular weight excluding hydrogens is 164 g/mol. The summed E-state index contributed by atoms with van der Waals surface area (Å²) in [5.41, 5.74) is 8.61. The van der Waals surface area contributed by atoms with Gasteiger partial charge in [-0.15, -0.1) is 0 Å². The molecule has 0 aliphatic heterocycles. The molecule has 2 rings (SSSR count). The second-order valence-electron chi connectivity index (χ2n) is 3.12. The van der Waals surface area contributed by atoms with E-state index in [-0.39, 0.29) is 0 Å². The average Bonchev–Trinajstić information content (AvgIpc) is 2.48. The van der Waals surface area contributed by atoms with Crippen LogP contribution in [0.15, 0.2) is 6.07 Å². The molecule has 2 aromatic heterocycles. The summed E-state index contributed by atoms with van der Waals surface area (Å²) in [4.78, 5) is 4.35. The van der Waals surface area contributed by atoms with Gasteiger partial charge in [-0.25, -0.2) is 4.98 Å². The number of nitrogens with zero attached hydrogens (tertiary/aromatic N) is 2. The lowest BCUT2D eigenvalue weighted by Crippen LogP contribution is -1.91. The summed E-state index contributed by atoms with van der Waals surface area (Å²) in [7, 11) is 0. The van der Waals surface area contributed by atoms with Crippen LogP contribution >= 0.6 is 0 Å². The molecule has 0 radical (unpaired) electrons. The Balaban J connectivity index is 2.79. The molecule has 4 nitrogen and oxygen atoms in total. The molecule has 4 heteroatoms. The van der Waals surface area contributed by atoms with Crippen LogP contribution in [0.4, 0.5) is 5.82 Å². The molecule has 0 saturated heterocycles. The number of aromatic nitrogens is 3. The van der Waals surface area contributed by atoms with Crippen LogP contribution in [-0.2, 0) is 6.42 Å². The first-order valence-electron chi connectivity index (χ1n) is 4.32. The zero-order valence-electron chi connectivity index (χ0n) is 7.76. The fraction of sp³-hybridized carbons (Fsp3) is 0.333. The highest BCUT2D eigenvalue weighted by atomic mass is 15.2. The van der Waals surface area contributed by atoms with Gasteiger partial charge < -0.3 is 5.73 Å². The molecule has 0 aromatic carbocycles. The first-order valence-corrected chi connectivity index (χ1v) is 4.32. The number of hydrogen-bond acceptors (Lipinski definition) is 3. The van der Waals surface area contributed by atoms with E-state index in [0.29, 0.717) is 11.5 Å². The predicted octanol–water partition coefficient (Wildman–Crippen LogP) is 1.41. The molecule has 0 aliphatic carbocycles. The molecule has 68 valence electrons. The smallest absolute Gasteiger partial charge is 0.183 e. The lowest BCUT2D eigenvalue weighted by molar-refractivity contribution is 1.03. The summed E-state index contributed by atoms with van der Waals surface area (Å²) in [5.74, 6) is 0.600. The van der Waals surface area contributed by atoms with Crippen LogP contribution in [0.2, 0.25) is 0 Å². The Morgan fingerprint density at radius 1 is 1.54 bits per heavy atom. The summed E-state index contributed by atoms with van der Waals surface area (Å²) in [6, 6.07) is 2.05. The molecule has 2 aromatic rings. The quantitative estimate of drug-likeness (QED) is 0.690. The molecular formula is C9H12N4. The highest BCUT2D eigenvalue weighted by molar-refractivity contribution is 5.88. The number of nitrogens with one attached hydrogen (secondary N) is 1. The van der Waals surface area contributed by atoms with Crippen molar-refractivity contribution in [1.29, 1.82) is 0 Å². The number of H-pyrrole nitrogens is 1. The molecule has 0 unspecified atom stereocenters. The van der Waals surface area contributed by atoms with E-state index in [0.717, 1.165) is 23.1 Å². The van der Waals surface area contributed by atoms with E-state index >= 15 is 0 Å². The minimum absolute atomic E-state index is 0.600. The van der Waals surface area contributed by atoms with E-state index in [1.807, 2.05) is 13.0 Å². The summed E-state index contributed by atoms with van der Waals surface area (Å²) < 4.78 is 0. The SMILES string of the molecule is CCc1cc(C)c2c(N)[nH]nc2n1. The number of hydrogen-bond donors (Lipinski definition) is 2. The van der Waals surface area contributed by atoms with E-state index in [9.17, 15) is 0 Å². The number of nitrogen functional groups attached to an aromatic ring is 1. The van der Waals surface area contributed by atoms with Gasteiger partial charge in [-0.2, -0.15) is 5.10 Å². The molecule has 0 amide bonds. The molecule has 2 heterocycles. The highest BCUT2D eigenvalue weighted by Crippen LogP contribution is 2.20. The molecule has 0 aliphatic rings. The van der Waals surface area contributed by atoms with E-state index in [1.165, 1.54) is 0 Å². The molecule has 0 fully saturated rings. The van der Waals surface area contributed by atoms with E-state index < -0.39 is 0 Å². The number of aromatic amines is 1. The Hall–Kier alpha value is -1.58. The van der Waals surface area contributed by atoms with Crippen molar-refractivity contribution in [2.24, 2.45) is 0 Å². The maximum Gasteiger partial charge on any atom is 0.183 e. The Morgan fingerprint density at radius 3 is 3.00 bits per heavy atom. The van der Waals surface area contributed by atoms with Gasteiger partial charge in [-0.3, -0.25) is 5.10 Å². The van der Waals surface area contributed by atoms with Gasteiger partial charge in [-0.1, -0.05) is 6.92 Å². The van der Waals surface area contributed by atoms with Crippen LogP contribution in [0.5, 0.6) is 0 Å². The summed E-state index contributed by atoms with van der Waals surface area (Å²) in [6.07, 6.45) is 0.920. The van der Waals surface area contributed by atoms with Gasteiger partial charge in [0.2, 0.25) is 0 Å². The standard InChI is InChI=1S/C9H12N4/c1-3-6-4-5(2)7-8(10)12-13-9(7)11-6/h4H,3H2,1-2H3,(H3,10,11,12,13). The highest BCUT2D eigenvalue weighted by Gasteiger charge is 2.07. The lowest BCUT2D eigenvalue weighted by Gasteiger charge is -1.99. The third-order valence-corrected chi connectivity index (χ3v) is 2.16. The zero-order valence-corrected chi connectivity index (χ0v) is 7.76. The molecule has 0 spiro atoms. The Morgan fingerprint density at radius 2 is 2.31 bits per heavy atom. The van der Waals surface area contributed by atoms with Gasteiger partial charge in [0.1, 0.15) is 5.82 Å². The van der Waals surface area contributed by atoms with E-state index in [1.54, 1.807) is 0 Å². The van der Waals surface area contributed by atoms with Crippen molar-refractivity contribution in [1.82, 2.24) is 15.2 Å². The van der Waals surface area contributed by atoms with Gasteiger partial charge in [0.05, 0.1) is 5.39 Å². The molecule has 3 N–H and O–H groups in total. The van der Waals surface area contributed by atoms with Crippen molar-refractivity contribution in [3.63, 3.8) is 0 Å². The van der Waals surface area contributed by atoms with Crippen molar-refractivity contribution in [3.05, 3.63) is 17.3 Å². The van der Waals surface area contributed by atoms with E-state index in [4.69, 9.17) is 5.73 Å². The summed E-state index contributed by atoms with van der Waals surface area (Å²) in [5, 5.41) is 7.70. The average molecular weight is 176 g/mol. The van der Waals surface area contributed by atoms with Crippen molar-refractivity contribution in [2.45, 2.75) is 20.3 Å². The van der Waals surface area contributed by atoms with Crippen LogP contribution in [0.25, 0.3) is 11.0 Å². The van der Waals surface area contributed by atoms with Crippen LogP contribution in [0.1, 0.15) is 18.2 Å². The Kier molecular flexibility index (Phi) is 1.69. The molecule has 13 heavy (non-hydrogen) atoms. The summed E-state index contributed by atoms with van der Waals surface area (Å²) >= 11 is 0. The van der Waals surface area contributed by atoms with Crippen molar-refractivity contribution in [2.75, 3.05) is 5.73 Å². The first-order chi connectivity index (χ1) is 6.22. The fourth-order valence-corrected chi connectivity index (χ4v) is 1.49. The number of anilines is 1. The van der Waals surface area contributed by atoms with Gasteiger partial charge >= 0.3 is 0 Å². The fourth-order valence-electron chi connectivity index (χ4n) is 1.49. The molecule has 0 bridgehead atoms. The number of aryl methyl sites for hydroxylation is 2. The topological polar surface area (TPSA) is 67.6 Å². The van der Waals surface area contributed by atoms with Crippen LogP contribution < -0.4 is 5.73 Å². The summed E-state index contributed by atoms with van der Waals surface area (Å²) in [6.45, 7) is 4.10. The minimum atomic E-state index is 0.600. The van der Waals surface area contributed by atoms with Gasteiger partial charge in [0.15, 0.2) is 5.65 Å². The number of rotatable bonds is 1. The number of nitrogens with two attached hydrogens (primary N) is 1. The monoisotopic (exact) mass is 176 g/mol. The third kappa shape index (κ3) is 1.14. The third-order valence-electron chi connectivity index (χ3n) is 2.16. The largest absolute Gasteiger partial charge is 0.384 e. The van der Waals surface area contributed by atoms with Crippen molar-refractivity contribution < 1.29 is 0 Å². The zero-order chi connectivity index (χ0) is 9.42. The van der Waals surface area contributed by atoms with Crippen LogP contribution in [-0.4, -0.2) is 15.2 Å².